The van der Waals surface area contributed by atoms with Crippen LogP contribution in [0.4, 0.5) is 0 Å². The third-order valence-corrected chi connectivity index (χ3v) is 3.14. The Bertz CT molecular complexity index is 347. The molecule has 0 aliphatic heterocycles. The van der Waals surface area contributed by atoms with Crippen LogP contribution < -0.4 is 0 Å². The van der Waals surface area contributed by atoms with E-state index in [1.807, 2.05) is 0 Å². The summed E-state index contributed by atoms with van der Waals surface area (Å²) in [6.07, 6.45) is -2.05. The zero-order valence-electron chi connectivity index (χ0n) is 12.3. The third-order valence-electron chi connectivity index (χ3n) is 3.14. The minimum Gasteiger partial charge on any atom is -0.481 e. The van der Waals surface area contributed by atoms with Crippen molar-refractivity contribution in [3.05, 3.63) is 0 Å². The Morgan fingerprint density at radius 1 is 1.15 bits per heavy atom. The van der Waals surface area contributed by atoms with Gasteiger partial charge in [-0.1, -0.05) is 6.92 Å². The van der Waals surface area contributed by atoms with Crippen LogP contribution in [0.1, 0.15) is 34.1 Å². The Balaban J connectivity index is 5.42. The number of aliphatic hydroxyl groups excluding tert-OH is 3. The van der Waals surface area contributed by atoms with Gasteiger partial charge in [0.05, 0.1) is 31.7 Å². The lowest BCUT2D eigenvalue weighted by molar-refractivity contribution is -0.176. The zero-order chi connectivity index (χ0) is 16.1. The Hall–Kier alpha value is -1.18. The SMILES string of the molecule is CC(C)(C)OC(=O)[C@H](CC(=O)O)C(C)(CO)[C@H](O)CO. The molecule has 0 aliphatic rings. The van der Waals surface area contributed by atoms with E-state index in [0.717, 1.165) is 0 Å². The maximum atomic E-state index is 12.1. The second-order valence-electron chi connectivity index (χ2n) is 6.05. The molecule has 7 heteroatoms. The van der Waals surface area contributed by atoms with Crippen LogP contribution in [0.3, 0.4) is 0 Å². The number of carboxylic acids is 1. The summed E-state index contributed by atoms with van der Waals surface area (Å²) in [5, 5.41) is 37.2. The number of hydrogen-bond acceptors (Lipinski definition) is 6. The minimum atomic E-state index is -1.50. The van der Waals surface area contributed by atoms with Gasteiger partial charge in [-0.25, -0.2) is 0 Å². The molecule has 118 valence electrons. The number of carbonyl (C=O) groups is 2. The monoisotopic (exact) mass is 292 g/mol. The van der Waals surface area contributed by atoms with Gasteiger partial charge in [-0.15, -0.1) is 0 Å². The lowest BCUT2D eigenvalue weighted by Crippen LogP contribution is -2.49. The second kappa shape index (κ2) is 7.01. The van der Waals surface area contributed by atoms with Crippen molar-refractivity contribution in [1.29, 1.82) is 0 Å². The van der Waals surface area contributed by atoms with Crippen LogP contribution >= 0.6 is 0 Å². The van der Waals surface area contributed by atoms with E-state index in [4.69, 9.17) is 14.9 Å². The van der Waals surface area contributed by atoms with Gasteiger partial charge in [-0.2, -0.15) is 0 Å². The Morgan fingerprint density at radius 2 is 1.65 bits per heavy atom. The first-order valence-electron chi connectivity index (χ1n) is 6.32. The van der Waals surface area contributed by atoms with E-state index in [1.54, 1.807) is 20.8 Å². The number of ether oxygens (including phenoxy) is 1. The van der Waals surface area contributed by atoms with E-state index in [1.165, 1.54) is 6.92 Å². The molecule has 7 nitrogen and oxygen atoms in total. The summed E-state index contributed by atoms with van der Waals surface area (Å²) in [7, 11) is 0. The number of rotatable bonds is 7. The van der Waals surface area contributed by atoms with E-state index < -0.39 is 54.6 Å². The maximum Gasteiger partial charge on any atom is 0.310 e. The number of aliphatic carboxylic acids is 1. The van der Waals surface area contributed by atoms with Gasteiger partial charge in [-0.3, -0.25) is 9.59 Å². The molecular weight excluding hydrogens is 268 g/mol. The first-order chi connectivity index (χ1) is 8.97. The molecule has 0 saturated carbocycles. The van der Waals surface area contributed by atoms with Crippen molar-refractivity contribution in [3.8, 4) is 0 Å². The van der Waals surface area contributed by atoms with Crippen LogP contribution in [-0.2, 0) is 14.3 Å². The molecule has 0 radical (unpaired) electrons. The van der Waals surface area contributed by atoms with Crippen molar-refractivity contribution in [3.63, 3.8) is 0 Å². The van der Waals surface area contributed by atoms with Crippen molar-refractivity contribution in [2.45, 2.75) is 45.8 Å². The van der Waals surface area contributed by atoms with Crippen LogP contribution in [0.25, 0.3) is 0 Å². The largest absolute Gasteiger partial charge is 0.481 e. The van der Waals surface area contributed by atoms with Crippen molar-refractivity contribution < 1.29 is 34.8 Å². The number of esters is 1. The fourth-order valence-corrected chi connectivity index (χ4v) is 1.79. The third kappa shape index (κ3) is 5.07. The summed E-state index contributed by atoms with van der Waals surface area (Å²) in [6, 6.07) is 0. The molecule has 0 fully saturated rings. The summed E-state index contributed by atoms with van der Waals surface area (Å²) in [5.41, 5.74) is -2.33. The van der Waals surface area contributed by atoms with Crippen LogP contribution in [0.5, 0.6) is 0 Å². The first-order valence-corrected chi connectivity index (χ1v) is 6.32. The van der Waals surface area contributed by atoms with Gasteiger partial charge in [0, 0.05) is 5.41 Å². The number of carboxylic acid groups (broad SMARTS) is 1. The molecule has 0 bridgehead atoms. The normalized spacial score (nSPS) is 17.9. The highest BCUT2D eigenvalue weighted by molar-refractivity contribution is 5.80. The second-order valence-corrected chi connectivity index (χ2v) is 6.05. The van der Waals surface area contributed by atoms with Gasteiger partial charge in [0.2, 0.25) is 0 Å². The molecule has 20 heavy (non-hydrogen) atoms. The predicted molar refractivity (Wildman–Crippen MR) is 69.9 cm³/mol. The van der Waals surface area contributed by atoms with E-state index >= 15 is 0 Å². The van der Waals surface area contributed by atoms with Gasteiger partial charge < -0.3 is 25.2 Å². The van der Waals surface area contributed by atoms with Gasteiger partial charge >= 0.3 is 11.9 Å². The molecule has 4 N–H and O–H groups in total. The topological polar surface area (TPSA) is 124 Å². The van der Waals surface area contributed by atoms with Crippen molar-refractivity contribution in [2.24, 2.45) is 11.3 Å². The molecule has 0 saturated heterocycles. The smallest absolute Gasteiger partial charge is 0.310 e. The number of hydrogen-bond donors (Lipinski definition) is 4. The van der Waals surface area contributed by atoms with Crippen molar-refractivity contribution >= 4 is 11.9 Å². The quantitative estimate of drug-likeness (QED) is 0.478. The Morgan fingerprint density at radius 3 is 1.95 bits per heavy atom. The van der Waals surface area contributed by atoms with Crippen LogP contribution in [0, 0.1) is 11.3 Å². The fourth-order valence-electron chi connectivity index (χ4n) is 1.79. The standard InChI is InChI=1S/C13H24O7/c1-12(2,3)20-11(19)8(5-10(17)18)13(4,7-15)9(16)6-14/h8-9,14-16H,5-7H2,1-4H3,(H,17,18)/t8-,9+,13?/m0/s1. The predicted octanol–water partition coefficient (Wildman–Crippen LogP) is -0.229. The van der Waals surface area contributed by atoms with E-state index in [0.29, 0.717) is 0 Å². The van der Waals surface area contributed by atoms with E-state index in [2.05, 4.69) is 0 Å². The van der Waals surface area contributed by atoms with Crippen LogP contribution in [-0.4, -0.2) is 57.3 Å². The van der Waals surface area contributed by atoms with Crippen LogP contribution in [0.2, 0.25) is 0 Å². The highest BCUT2D eigenvalue weighted by atomic mass is 16.6. The van der Waals surface area contributed by atoms with Crippen LogP contribution in [0.15, 0.2) is 0 Å². The van der Waals surface area contributed by atoms with Crippen molar-refractivity contribution in [2.75, 3.05) is 13.2 Å². The molecule has 1 unspecified atom stereocenters. The zero-order valence-corrected chi connectivity index (χ0v) is 12.3. The molecule has 0 rings (SSSR count). The van der Waals surface area contributed by atoms with Gasteiger partial charge in [0.1, 0.15) is 5.60 Å². The highest BCUT2D eigenvalue weighted by Gasteiger charge is 2.46. The van der Waals surface area contributed by atoms with Gasteiger partial charge in [0.15, 0.2) is 0 Å². The summed E-state index contributed by atoms with van der Waals surface area (Å²) in [6.45, 7) is 4.86. The van der Waals surface area contributed by atoms with E-state index in [-0.39, 0.29) is 0 Å². The molecular formula is C13H24O7. The average molecular weight is 292 g/mol. The molecule has 0 aliphatic carbocycles. The fraction of sp³-hybridized carbons (Fsp3) is 0.846. The highest BCUT2D eigenvalue weighted by Crippen LogP contribution is 2.35. The maximum absolute atomic E-state index is 12.1. The first kappa shape index (κ1) is 18.8. The molecule has 0 heterocycles. The lowest BCUT2D eigenvalue weighted by Gasteiger charge is -2.38. The molecule has 0 aromatic heterocycles. The average Bonchev–Trinajstić information content (AvgIpc) is 2.31. The summed E-state index contributed by atoms with van der Waals surface area (Å²) in [4.78, 5) is 23.1. The Labute approximate surface area is 118 Å². The summed E-state index contributed by atoms with van der Waals surface area (Å²) >= 11 is 0. The van der Waals surface area contributed by atoms with Gasteiger partial charge in [0.25, 0.3) is 0 Å². The van der Waals surface area contributed by atoms with E-state index in [9.17, 15) is 19.8 Å². The molecule has 0 amide bonds. The molecule has 0 aromatic rings. The number of carbonyl (C=O) groups excluding carboxylic acids is 1. The summed E-state index contributed by atoms with van der Waals surface area (Å²) in [5.74, 6) is -3.36. The number of aliphatic hydroxyl groups is 3. The summed E-state index contributed by atoms with van der Waals surface area (Å²) < 4.78 is 5.14. The molecule has 0 spiro atoms. The minimum absolute atomic E-state index is 0.608. The molecule has 3 atom stereocenters. The Kier molecular flexibility index (Phi) is 6.60. The molecule has 0 aromatic carbocycles. The van der Waals surface area contributed by atoms with Gasteiger partial charge in [-0.05, 0) is 20.8 Å². The van der Waals surface area contributed by atoms with Crippen molar-refractivity contribution in [1.82, 2.24) is 0 Å². The lowest BCUT2D eigenvalue weighted by atomic mass is 9.71.